The fourth-order valence-electron chi connectivity index (χ4n) is 2.29. The van der Waals surface area contributed by atoms with Gasteiger partial charge in [0.15, 0.2) is 5.69 Å². The first kappa shape index (κ1) is 17.8. The molecule has 27 heavy (non-hydrogen) atoms. The first-order chi connectivity index (χ1) is 13.1. The van der Waals surface area contributed by atoms with Crippen LogP contribution in [0, 0.1) is 0 Å². The minimum absolute atomic E-state index is 0.0290. The summed E-state index contributed by atoms with van der Waals surface area (Å²) in [5.74, 6) is -0.368. The maximum Gasteiger partial charge on any atom is 0.336 e. The summed E-state index contributed by atoms with van der Waals surface area (Å²) in [4.78, 5) is 25.9. The average molecular weight is 365 g/mol. The van der Waals surface area contributed by atoms with E-state index in [4.69, 9.17) is 9.84 Å². The number of nitrogens with zero attached hydrogens (tertiary/aromatic N) is 3. The van der Waals surface area contributed by atoms with Crippen molar-refractivity contribution < 1.29 is 14.6 Å². The van der Waals surface area contributed by atoms with Gasteiger partial charge in [-0.1, -0.05) is 18.2 Å². The van der Waals surface area contributed by atoms with Crippen molar-refractivity contribution in [1.82, 2.24) is 15.2 Å². The fourth-order valence-corrected chi connectivity index (χ4v) is 2.29. The van der Waals surface area contributed by atoms with Gasteiger partial charge in [0.05, 0.1) is 18.9 Å². The van der Waals surface area contributed by atoms with Crippen molar-refractivity contribution >= 4 is 18.1 Å². The Balaban J connectivity index is 1.76. The fraction of sp³-hybridized carbons (Fsp3) is 0.0556. The van der Waals surface area contributed by atoms with E-state index in [1.54, 1.807) is 49.6 Å². The van der Waals surface area contributed by atoms with Crippen LogP contribution in [0.4, 0.5) is 5.95 Å². The summed E-state index contributed by atoms with van der Waals surface area (Å²) < 4.78 is 5.07. The second-order valence-electron chi connectivity index (χ2n) is 5.34. The van der Waals surface area contributed by atoms with Gasteiger partial charge in [0.2, 0.25) is 5.95 Å². The molecule has 0 fully saturated rings. The first-order valence-corrected chi connectivity index (χ1v) is 7.81. The number of aromatic carboxylic acids is 1. The Morgan fingerprint density at radius 2 is 1.93 bits per heavy atom. The molecule has 3 N–H and O–H groups in total. The number of hydrogen-bond acceptors (Lipinski definition) is 7. The zero-order chi connectivity index (χ0) is 19.2. The molecule has 0 unspecified atom stereocenters. The smallest absolute Gasteiger partial charge is 0.336 e. The third kappa shape index (κ3) is 4.15. The van der Waals surface area contributed by atoms with Crippen molar-refractivity contribution in [2.75, 3.05) is 12.5 Å². The zero-order valence-electron chi connectivity index (χ0n) is 14.2. The van der Waals surface area contributed by atoms with E-state index in [0.29, 0.717) is 16.9 Å². The van der Waals surface area contributed by atoms with Crippen molar-refractivity contribution in [1.29, 1.82) is 0 Å². The van der Waals surface area contributed by atoms with Crippen molar-refractivity contribution in [3.8, 4) is 17.0 Å². The van der Waals surface area contributed by atoms with Crippen molar-refractivity contribution in [3.63, 3.8) is 0 Å². The molecule has 2 aromatic carbocycles. The first-order valence-electron chi connectivity index (χ1n) is 7.81. The molecule has 0 aliphatic heterocycles. The minimum atomic E-state index is -1.06. The SMILES string of the molecule is COc1ccc(-c2nnc(N/N=C/c3ccccc3C(=O)O)[nH]c2=O)cc1. The molecule has 0 amide bonds. The maximum atomic E-state index is 12.2. The Morgan fingerprint density at radius 1 is 1.19 bits per heavy atom. The van der Waals surface area contributed by atoms with Gasteiger partial charge in [0, 0.05) is 11.1 Å². The summed E-state index contributed by atoms with van der Waals surface area (Å²) in [5, 5.41) is 20.8. The van der Waals surface area contributed by atoms with E-state index in [0.717, 1.165) is 0 Å². The lowest BCUT2D eigenvalue weighted by Gasteiger charge is -2.03. The van der Waals surface area contributed by atoms with E-state index < -0.39 is 11.5 Å². The van der Waals surface area contributed by atoms with Gasteiger partial charge in [-0.25, -0.2) is 10.2 Å². The van der Waals surface area contributed by atoms with Crippen molar-refractivity contribution in [2.45, 2.75) is 0 Å². The molecule has 136 valence electrons. The largest absolute Gasteiger partial charge is 0.497 e. The van der Waals surface area contributed by atoms with Crippen LogP contribution in [0.2, 0.25) is 0 Å². The van der Waals surface area contributed by atoms with Gasteiger partial charge in [0.25, 0.3) is 5.56 Å². The molecule has 1 aromatic heterocycles. The molecule has 0 radical (unpaired) electrons. The molecule has 0 saturated heterocycles. The van der Waals surface area contributed by atoms with Crippen LogP contribution in [0.1, 0.15) is 15.9 Å². The number of carbonyl (C=O) groups is 1. The van der Waals surface area contributed by atoms with E-state index in [9.17, 15) is 9.59 Å². The molecular formula is C18H15N5O4. The Hall–Kier alpha value is -4.01. The maximum absolute atomic E-state index is 12.2. The van der Waals surface area contributed by atoms with Crippen LogP contribution in [-0.2, 0) is 0 Å². The predicted octanol–water partition coefficient (Wildman–Crippen LogP) is 1.98. The lowest BCUT2D eigenvalue weighted by Crippen LogP contribution is -2.15. The second-order valence-corrected chi connectivity index (χ2v) is 5.34. The normalized spacial score (nSPS) is 10.7. The van der Waals surface area contributed by atoms with Gasteiger partial charge in [-0.05, 0) is 30.3 Å². The highest BCUT2D eigenvalue weighted by atomic mass is 16.5. The van der Waals surface area contributed by atoms with Crippen LogP contribution < -0.4 is 15.7 Å². The van der Waals surface area contributed by atoms with E-state index in [1.807, 2.05) is 0 Å². The van der Waals surface area contributed by atoms with E-state index in [1.165, 1.54) is 12.3 Å². The number of aromatic nitrogens is 3. The third-order valence-corrected chi connectivity index (χ3v) is 3.63. The molecule has 9 nitrogen and oxygen atoms in total. The zero-order valence-corrected chi connectivity index (χ0v) is 14.2. The Labute approximate surface area is 153 Å². The number of anilines is 1. The number of hydrogen-bond donors (Lipinski definition) is 3. The minimum Gasteiger partial charge on any atom is -0.497 e. The Kier molecular flexibility index (Phi) is 5.22. The quantitative estimate of drug-likeness (QED) is 0.450. The molecular weight excluding hydrogens is 350 g/mol. The van der Waals surface area contributed by atoms with E-state index in [2.05, 4.69) is 25.7 Å². The predicted molar refractivity (Wildman–Crippen MR) is 99.3 cm³/mol. The molecule has 0 bridgehead atoms. The molecule has 0 saturated carbocycles. The summed E-state index contributed by atoms with van der Waals surface area (Å²) in [6, 6.07) is 13.2. The highest BCUT2D eigenvalue weighted by molar-refractivity contribution is 5.98. The number of benzene rings is 2. The molecule has 3 aromatic rings. The van der Waals surface area contributed by atoms with Crippen LogP contribution in [0.25, 0.3) is 11.3 Å². The van der Waals surface area contributed by atoms with E-state index in [-0.39, 0.29) is 17.2 Å². The molecule has 0 spiro atoms. The highest BCUT2D eigenvalue weighted by Crippen LogP contribution is 2.17. The number of carboxylic acids is 1. The number of ether oxygens (including phenoxy) is 1. The summed E-state index contributed by atoms with van der Waals surface area (Å²) in [7, 11) is 1.55. The lowest BCUT2D eigenvalue weighted by molar-refractivity contribution is 0.0697. The summed E-state index contributed by atoms with van der Waals surface area (Å²) in [6.07, 6.45) is 1.32. The van der Waals surface area contributed by atoms with Gasteiger partial charge >= 0.3 is 5.97 Å². The molecule has 3 rings (SSSR count). The monoisotopic (exact) mass is 365 g/mol. The standard InChI is InChI=1S/C18H15N5O4/c1-27-13-8-6-11(7-9-13)15-16(24)20-18(23-21-15)22-19-10-12-4-2-3-5-14(12)17(25)26/h2-10H,1H3,(H,25,26)(H2,20,22,23,24)/b19-10+. The van der Waals surface area contributed by atoms with Gasteiger partial charge in [-0.3, -0.25) is 9.78 Å². The summed E-state index contributed by atoms with van der Waals surface area (Å²) in [6.45, 7) is 0. The van der Waals surface area contributed by atoms with Gasteiger partial charge < -0.3 is 9.84 Å². The van der Waals surface area contributed by atoms with Crippen LogP contribution in [0.3, 0.4) is 0 Å². The number of hydrazone groups is 1. The van der Waals surface area contributed by atoms with Crippen LogP contribution in [-0.4, -0.2) is 39.6 Å². The Morgan fingerprint density at radius 3 is 2.59 bits per heavy atom. The topological polar surface area (TPSA) is 130 Å². The molecule has 0 aliphatic rings. The second kappa shape index (κ2) is 7.91. The molecule has 1 heterocycles. The third-order valence-electron chi connectivity index (χ3n) is 3.63. The van der Waals surface area contributed by atoms with Gasteiger partial charge in [-0.2, -0.15) is 5.10 Å². The molecule has 9 heteroatoms. The van der Waals surface area contributed by atoms with Crippen LogP contribution in [0.15, 0.2) is 58.4 Å². The highest BCUT2D eigenvalue weighted by Gasteiger charge is 2.08. The molecule has 0 atom stereocenters. The number of H-pyrrole nitrogens is 1. The Bertz CT molecular complexity index is 1040. The van der Waals surface area contributed by atoms with Gasteiger partial charge in [-0.15, -0.1) is 10.2 Å². The average Bonchev–Trinajstić information content (AvgIpc) is 2.68. The van der Waals surface area contributed by atoms with Crippen LogP contribution >= 0.6 is 0 Å². The van der Waals surface area contributed by atoms with Crippen molar-refractivity contribution in [3.05, 3.63) is 70.0 Å². The summed E-state index contributed by atoms with van der Waals surface area (Å²) in [5.41, 5.74) is 3.34. The number of carboxylic acid groups (broad SMARTS) is 1. The van der Waals surface area contributed by atoms with Gasteiger partial charge in [0.1, 0.15) is 5.75 Å². The lowest BCUT2D eigenvalue weighted by atomic mass is 10.1. The summed E-state index contributed by atoms with van der Waals surface area (Å²) >= 11 is 0. The number of rotatable bonds is 6. The molecule has 0 aliphatic carbocycles. The number of aromatic amines is 1. The number of methoxy groups -OCH3 is 1. The van der Waals surface area contributed by atoms with Crippen molar-refractivity contribution in [2.24, 2.45) is 5.10 Å². The van der Waals surface area contributed by atoms with E-state index >= 15 is 0 Å². The van der Waals surface area contributed by atoms with Crippen LogP contribution in [0.5, 0.6) is 5.75 Å². The number of nitrogens with one attached hydrogen (secondary N) is 2.